The van der Waals surface area contributed by atoms with Crippen LogP contribution in [0.15, 0.2) is 12.4 Å². The molecule has 1 aromatic heterocycles. The lowest BCUT2D eigenvalue weighted by Crippen LogP contribution is -2.18. The van der Waals surface area contributed by atoms with E-state index in [1.807, 2.05) is 0 Å². The molecule has 0 saturated carbocycles. The molecule has 6 heteroatoms. The molecule has 0 bridgehead atoms. The number of hydrogen-bond donors (Lipinski definition) is 0. The lowest BCUT2D eigenvalue weighted by atomic mass is 10.2. The minimum Gasteiger partial charge on any atom is -0.405 e. The molecule has 1 rings (SSSR count). The van der Waals surface area contributed by atoms with Gasteiger partial charge in [0.15, 0.2) is 0 Å². The molecule has 0 fully saturated rings. The number of rotatable bonds is 2. The first kappa shape index (κ1) is 11.3. The molecule has 14 heavy (non-hydrogen) atoms. The number of alkyl halides is 4. The normalized spacial score (nSPS) is 11.5. The quantitative estimate of drug-likeness (QED) is 0.770. The summed E-state index contributed by atoms with van der Waals surface area (Å²) in [4.78, 5) is 3.77. The van der Waals surface area contributed by atoms with Crippen LogP contribution >= 0.6 is 15.9 Å². The molecule has 78 valence electrons. The fourth-order valence-corrected chi connectivity index (χ4v) is 1.37. The van der Waals surface area contributed by atoms with Gasteiger partial charge in [0, 0.05) is 28.9 Å². The molecule has 0 aliphatic heterocycles. The van der Waals surface area contributed by atoms with Crippen molar-refractivity contribution in [3.63, 3.8) is 0 Å². The fraction of sp³-hybridized carbons (Fsp3) is 0.375. The van der Waals surface area contributed by atoms with Gasteiger partial charge in [-0.15, -0.1) is 13.2 Å². The Kier molecular flexibility index (Phi) is 3.36. The molecule has 0 spiro atoms. The third kappa shape index (κ3) is 2.87. The van der Waals surface area contributed by atoms with Crippen LogP contribution in [0.5, 0.6) is 5.75 Å². The van der Waals surface area contributed by atoms with Gasteiger partial charge in [0.25, 0.3) is 0 Å². The lowest BCUT2D eigenvalue weighted by Gasteiger charge is -2.13. The predicted octanol–water partition coefficient (Wildman–Crippen LogP) is 3.18. The number of aromatic nitrogens is 1. The Balaban J connectivity index is 3.05. The second-order valence-corrected chi connectivity index (χ2v) is 3.19. The van der Waals surface area contributed by atoms with Gasteiger partial charge in [-0.3, -0.25) is 4.98 Å². The van der Waals surface area contributed by atoms with Crippen molar-refractivity contribution in [3.05, 3.63) is 23.5 Å². The first-order chi connectivity index (χ1) is 6.44. The van der Waals surface area contributed by atoms with E-state index in [0.29, 0.717) is 11.1 Å². The van der Waals surface area contributed by atoms with Crippen molar-refractivity contribution in [1.29, 1.82) is 0 Å². The van der Waals surface area contributed by atoms with E-state index in [0.717, 1.165) is 0 Å². The van der Waals surface area contributed by atoms with Gasteiger partial charge in [0.1, 0.15) is 5.75 Å². The summed E-state index contributed by atoms with van der Waals surface area (Å²) in [6.07, 6.45) is -2.00. The van der Waals surface area contributed by atoms with Gasteiger partial charge in [0.2, 0.25) is 0 Å². The summed E-state index contributed by atoms with van der Waals surface area (Å²) >= 11 is 3.06. The van der Waals surface area contributed by atoms with Crippen molar-refractivity contribution < 1.29 is 17.9 Å². The SMILES string of the molecule is Cc1cncc(CBr)c1OC(F)(F)F. The maximum Gasteiger partial charge on any atom is 0.573 e. The number of pyridine rings is 1. The molecule has 2 nitrogen and oxygen atoms in total. The minimum absolute atomic E-state index is 0.177. The van der Waals surface area contributed by atoms with Gasteiger partial charge in [0.05, 0.1) is 0 Å². The summed E-state index contributed by atoms with van der Waals surface area (Å²) in [5, 5.41) is 0.271. The standard InChI is InChI=1S/C8H7BrF3NO/c1-5-3-13-4-6(2-9)7(5)14-8(10,11)12/h3-4H,2H2,1H3. The third-order valence-corrected chi connectivity index (χ3v) is 2.11. The third-order valence-electron chi connectivity index (χ3n) is 1.51. The molecule has 0 saturated heterocycles. The maximum atomic E-state index is 12.0. The maximum absolute atomic E-state index is 12.0. The number of aryl methyl sites for hydroxylation is 1. The summed E-state index contributed by atoms with van der Waals surface area (Å²) in [6, 6.07) is 0. The zero-order valence-corrected chi connectivity index (χ0v) is 8.82. The molecule has 0 aliphatic carbocycles. The van der Waals surface area contributed by atoms with Gasteiger partial charge >= 0.3 is 6.36 Å². The smallest absolute Gasteiger partial charge is 0.405 e. The van der Waals surface area contributed by atoms with Gasteiger partial charge in [-0.25, -0.2) is 0 Å². The zero-order valence-electron chi connectivity index (χ0n) is 7.23. The summed E-state index contributed by atoms with van der Waals surface area (Å²) in [7, 11) is 0. The van der Waals surface area contributed by atoms with Crippen molar-refractivity contribution in [2.75, 3.05) is 0 Å². The van der Waals surface area contributed by atoms with E-state index >= 15 is 0 Å². The predicted molar refractivity (Wildman–Crippen MR) is 48.3 cm³/mol. The van der Waals surface area contributed by atoms with Crippen LogP contribution in [0.1, 0.15) is 11.1 Å². The largest absolute Gasteiger partial charge is 0.573 e. The summed E-state index contributed by atoms with van der Waals surface area (Å²) in [6.45, 7) is 1.51. The Hall–Kier alpha value is -0.780. The van der Waals surface area contributed by atoms with E-state index in [4.69, 9.17) is 0 Å². The van der Waals surface area contributed by atoms with Crippen LogP contribution in [0.2, 0.25) is 0 Å². The number of hydrogen-bond acceptors (Lipinski definition) is 2. The number of nitrogens with zero attached hydrogens (tertiary/aromatic N) is 1. The molecular weight excluding hydrogens is 263 g/mol. The highest BCUT2D eigenvalue weighted by Gasteiger charge is 2.32. The van der Waals surface area contributed by atoms with Gasteiger partial charge in [-0.2, -0.15) is 0 Å². The van der Waals surface area contributed by atoms with Crippen molar-refractivity contribution in [2.45, 2.75) is 18.6 Å². The molecule has 0 radical (unpaired) electrons. The number of halogens is 4. The highest BCUT2D eigenvalue weighted by atomic mass is 79.9. The van der Waals surface area contributed by atoms with Crippen LogP contribution < -0.4 is 4.74 Å². The first-order valence-electron chi connectivity index (χ1n) is 3.69. The molecule has 0 aromatic carbocycles. The van der Waals surface area contributed by atoms with E-state index in [2.05, 4.69) is 25.7 Å². The van der Waals surface area contributed by atoms with Crippen molar-refractivity contribution >= 4 is 15.9 Å². The van der Waals surface area contributed by atoms with Crippen molar-refractivity contribution in [3.8, 4) is 5.75 Å². The molecule has 0 atom stereocenters. The summed E-state index contributed by atoms with van der Waals surface area (Å²) in [5.74, 6) is -0.177. The van der Waals surface area contributed by atoms with E-state index in [1.165, 1.54) is 19.3 Å². The van der Waals surface area contributed by atoms with Crippen LogP contribution in [0.3, 0.4) is 0 Å². The minimum atomic E-state index is -4.66. The van der Waals surface area contributed by atoms with Crippen LogP contribution in [-0.4, -0.2) is 11.3 Å². The van der Waals surface area contributed by atoms with Gasteiger partial charge < -0.3 is 4.74 Å². The molecule has 0 amide bonds. The van der Waals surface area contributed by atoms with Gasteiger partial charge in [-0.1, -0.05) is 15.9 Å². The van der Waals surface area contributed by atoms with Crippen LogP contribution in [0, 0.1) is 6.92 Å². The molecule has 0 aliphatic rings. The van der Waals surface area contributed by atoms with Crippen molar-refractivity contribution in [2.24, 2.45) is 0 Å². The zero-order chi connectivity index (χ0) is 10.8. The topological polar surface area (TPSA) is 22.1 Å². The Morgan fingerprint density at radius 1 is 1.43 bits per heavy atom. The van der Waals surface area contributed by atoms with Crippen LogP contribution in [-0.2, 0) is 5.33 Å². The molecular formula is C8H7BrF3NO. The molecule has 0 unspecified atom stereocenters. The second kappa shape index (κ2) is 4.16. The molecule has 1 heterocycles. The van der Waals surface area contributed by atoms with Gasteiger partial charge in [-0.05, 0) is 6.92 Å². The van der Waals surface area contributed by atoms with E-state index in [9.17, 15) is 13.2 Å². The first-order valence-corrected chi connectivity index (χ1v) is 4.81. The Labute approximate surface area is 87.2 Å². The highest BCUT2D eigenvalue weighted by Crippen LogP contribution is 2.30. The molecule has 1 aromatic rings. The van der Waals surface area contributed by atoms with Crippen LogP contribution in [0.4, 0.5) is 13.2 Å². The monoisotopic (exact) mass is 269 g/mol. The average molecular weight is 270 g/mol. The lowest BCUT2D eigenvalue weighted by molar-refractivity contribution is -0.275. The highest BCUT2D eigenvalue weighted by molar-refractivity contribution is 9.08. The van der Waals surface area contributed by atoms with Crippen LogP contribution in [0.25, 0.3) is 0 Å². The van der Waals surface area contributed by atoms with E-state index < -0.39 is 6.36 Å². The number of ether oxygens (including phenoxy) is 1. The summed E-state index contributed by atoms with van der Waals surface area (Å²) in [5.41, 5.74) is 0.738. The Bertz CT molecular complexity index is 327. The Morgan fingerprint density at radius 2 is 2.07 bits per heavy atom. The summed E-state index contributed by atoms with van der Waals surface area (Å²) < 4.78 is 39.8. The van der Waals surface area contributed by atoms with E-state index in [1.54, 1.807) is 0 Å². The molecule has 0 N–H and O–H groups in total. The second-order valence-electron chi connectivity index (χ2n) is 2.63. The average Bonchev–Trinajstić information content (AvgIpc) is 2.06. The van der Waals surface area contributed by atoms with E-state index in [-0.39, 0.29) is 11.1 Å². The Morgan fingerprint density at radius 3 is 2.57 bits per heavy atom. The fourth-order valence-electron chi connectivity index (χ4n) is 0.967. The van der Waals surface area contributed by atoms with Crippen molar-refractivity contribution in [1.82, 2.24) is 4.98 Å².